The van der Waals surface area contributed by atoms with Crippen LogP contribution in [0.3, 0.4) is 0 Å². The van der Waals surface area contributed by atoms with Gasteiger partial charge in [-0.3, -0.25) is 0 Å². The van der Waals surface area contributed by atoms with E-state index in [0.717, 1.165) is 30.7 Å². The van der Waals surface area contributed by atoms with E-state index in [1.54, 1.807) is 0 Å². The molecule has 3 heteroatoms. The molecule has 2 fully saturated rings. The Bertz CT molecular complexity index is 474. The first-order valence-corrected chi connectivity index (χ1v) is 9.49. The average molecular weight is 307 g/mol. The van der Waals surface area contributed by atoms with Crippen molar-refractivity contribution in [2.75, 3.05) is 6.54 Å². The second-order valence-electron chi connectivity index (χ2n) is 8.21. The van der Waals surface area contributed by atoms with Crippen LogP contribution >= 0.6 is 11.3 Å². The number of nitrogens with zero attached hydrogens (tertiary/aromatic N) is 1. The monoisotopic (exact) mass is 306 g/mol. The smallest absolute Gasteiger partial charge is 0.0941 e. The summed E-state index contributed by atoms with van der Waals surface area (Å²) in [5, 5.41) is 7.29. The molecular formula is C18H30N2S. The highest BCUT2D eigenvalue weighted by Gasteiger charge is 2.41. The molecule has 4 atom stereocenters. The molecule has 0 aliphatic heterocycles. The lowest BCUT2D eigenvalue weighted by molar-refractivity contribution is 0.261. The van der Waals surface area contributed by atoms with Crippen molar-refractivity contribution in [3.05, 3.63) is 16.1 Å². The molecule has 0 spiro atoms. The molecule has 0 amide bonds. The van der Waals surface area contributed by atoms with E-state index in [1.165, 1.54) is 36.4 Å². The lowest BCUT2D eigenvalue weighted by Gasteiger charge is -2.28. The molecule has 0 saturated heterocycles. The van der Waals surface area contributed by atoms with Gasteiger partial charge in [-0.25, -0.2) is 4.98 Å². The van der Waals surface area contributed by atoms with Gasteiger partial charge >= 0.3 is 0 Å². The van der Waals surface area contributed by atoms with E-state index in [-0.39, 0.29) is 5.41 Å². The standard InChI is InChI=1S/C18H30N2S/c1-12(15-10-13-5-6-14(15)9-13)19-8-7-17-20-16(11-21-17)18(2,3)4/h11-15,19H,5-10H2,1-4H3. The van der Waals surface area contributed by atoms with Crippen LogP contribution in [-0.4, -0.2) is 17.6 Å². The van der Waals surface area contributed by atoms with Gasteiger partial charge in [-0.2, -0.15) is 0 Å². The molecule has 2 aliphatic rings. The number of hydrogen-bond acceptors (Lipinski definition) is 3. The van der Waals surface area contributed by atoms with Gasteiger partial charge in [0.05, 0.1) is 10.7 Å². The molecule has 2 aliphatic carbocycles. The molecule has 1 N–H and O–H groups in total. The predicted octanol–water partition coefficient (Wildman–Crippen LogP) is 4.40. The van der Waals surface area contributed by atoms with Crippen LogP contribution < -0.4 is 5.32 Å². The summed E-state index contributed by atoms with van der Waals surface area (Å²) in [6.45, 7) is 10.2. The van der Waals surface area contributed by atoms with Gasteiger partial charge in [0.25, 0.3) is 0 Å². The van der Waals surface area contributed by atoms with Crippen LogP contribution in [0.5, 0.6) is 0 Å². The molecular weight excluding hydrogens is 276 g/mol. The van der Waals surface area contributed by atoms with Crippen molar-refractivity contribution < 1.29 is 0 Å². The van der Waals surface area contributed by atoms with Gasteiger partial charge in [0.2, 0.25) is 0 Å². The molecule has 1 aromatic rings. The summed E-state index contributed by atoms with van der Waals surface area (Å²) in [5.41, 5.74) is 1.42. The van der Waals surface area contributed by atoms with E-state index in [9.17, 15) is 0 Å². The highest BCUT2D eigenvalue weighted by molar-refractivity contribution is 7.09. The lowest BCUT2D eigenvalue weighted by atomic mass is 9.84. The van der Waals surface area contributed by atoms with Crippen molar-refractivity contribution in [2.24, 2.45) is 17.8 Å². The highest BCUT2D eigenvalue weighted by Crippen LogP contribution is 2.49. The number of nitrogens with one attached hydrogen (secondary N) is 1. The Morgan fingerprint density at radius 2 is 2.14 bits per heavy atom. The summed E-state index contributed by atoms with van der Waals surface area (Å²) in [6, 6.07) is 0.683. The van der Waals surface area contributed by atoms with Crippen molar-refractivity contribution in [1.29, 1.82) is 0 Å². The molecule has 2 saturated carbocycles. The normalized spacial score (nSPS) is 30.0. The topological polar surface area (TPSA) is 24.9 Å². The molecule has 0 radical (unpaired) electrons. The van der Waals surface area contributed by atoms with Gasteiger partial charge in [0.15, 0.2) is 0 Å². The fraction of sp³-hybridized carbons (Fsp3) is 0.833. The van der Waals surface area contributed by atoms with Gasteiger partial charge in [-0.05, 0) is 43.9 Å². The average Bonchev–Trinajstić information content (AvgIpc) is 3.13. The molecule has 0 aromatic carbocycles. The zero-order chi connectivity index (χ0) is 15.0. The molecule has 1 heterocycles. The van der Waals surface area contributed by atoms with Crippen molar-refractivity contribution >= 4 is 11.3 Å². The molecule has 118 valence electrons. The maximum absolute atomic E-state index is 4.79. The van der Waals surface area contributed by atoms with Crippen LogP contribution in [0.4, 0.5) is 0 Å². The van der Waals surface area contributed by atoms with E-state index < -0.39 is 0 Å². The van der Waals surface area contributed by atoms with Crippen molar-refractivity contribution in [3.8, 4) is 0 Å². The summed E-state index contributed by atoms with van der Waals surface area (Å²) in [7, 11) is 0. The van der Waals surface area contributed by atoms with E-state index in [0.29, 0.717) is 6.04 Å². The zero-order valence-corrected chi connectivity index (χ0v) is 14.8. The van der Waals surface area contributed by atoms with Crippen LogP contribution in [0.15, 0.2) is 5.38 Å². The number of hydrogen-bond donors (Lipinski definition) is 1. The lowest BCUT2D eigenvalue weighted by Crippen LogP contribution is -2.37. The minimum atomic E-state index is 0.179. The van der Waals surface area contributed by atoms with E-state index in [4.69, 9.17) is 4.98 Å². The first-order chi connectivity index (χ1) is 9.93. The quantitative estimate of drug-likeness (QED) is 0.872. The Morgan fingerprint density at radius 1 is 1.33 bits per heavy atom. The van der Waals surface area contributed by atoms with Gasteiger partial charge in [-0.1, -0.05) is 27.2 Å². The predicted molar refractivity (Wildman–Crippen MR) is 90.9 cm³/mol. The molecule has 2 bridgehead atoms. The second kappa shape index (κ2) is 6.00. The fourth-order valence-electron chi connectivity index (χ4n) is 4.23. The minimum Gasteiger partial charge on any atom is -0.314 e. The number of fused-ring (bicyclic) bond motifs is 2. The molecule has 2 nitrogen and oxygen atoms in total. The van der Waals surface area contributed by atoms with E-state index in [2.05, 4.69) is 38.4 Å². The van der Waals surface area contributed by atoms with Crippen LogP contribution in [0.2, 0.25) is 0 Å². The van der Waals surface area contributed by atoms with E-state index >= 15 is 0 Å². The van der Waals surface area contributed by atoms with Gasteiger partial charge in [0, 0.05) is 29.8 Å². The van der Waals surface area contributed by atoms with Crippen molar-refractivity contribution in [2.45, 2.75) is 71.3 Å². The first-order valence-electron chi connectivity index (χ1n) is 8.62. The molecule has 1 aromatic heterocycles. The maximum atomic E-state index is 4.79. The number of rotatable bonds is 5. The SMILES string of the molecule is CC(NCCc1nc(C(C)(C)C)cs1)C1CC2CCC1C2. The van der Waals surface area contributed by atoms with Crippen LogP contribution in [0.1, 0.15) is 64.1 Å². The number of thiazole rings is 1. The summed E-state index contributed by atoms with van der Waals surface area (Å²) in [4.78, 5) is 4.79. The zero-order valence-electron chi connectivity index (χ0n) is 14.0. The third kappa shape index (κ3) is 3.50. The highest BCUT2D eigenvalue weighted by atomic mass is 32.1. The Morgan fingerprint density at radius 3 is 2.71 bits per heavy atom. The Kier molecular flexibility index (Phi) is 4.42. The maximum Gasteiger partial charge on any atom is 0.0941 e. The fourth-order valence-corrected chi connectivity index (χ4v) is 5.26. The summed E-state index contributed by atoms with van der Waals surface area (Å²) in [5.74, 6) is 3.01. The summed E-state index contributed by atoms with van der Waals surface area (Å²) < 4.78 is 0. The summed E-state index contributed by atoms with van der Waals surface area (Å²) >= 11 is 1.82. The van der Waals surface area contributed by atoms with E-state index in [1.807, 2.05) is 11.3 Å². The molecule has 21 heavy (non-hydrogen) atoms. The van der Waals surface area contributed by atoms with Crippen molar-refractivity contribution in [1.82, 2.24) is 10.3 Å². The minimum absolute atomic E-state index is 0.179. The van der Waals surface area contributed by atoms with Crippen molar-refractivity contribution in [3.63, 3.8) is 0 Å². The first kappa shape index (κ1) is 15.5. The van der Waals surface area contributed by atoms with Gasteiger partial charge < -0.3 is 5.32 Å². The largest absolute Gasteiger partial charge is 0.314 e. The van der Waals surface area contributed by atoms with Crippen LogP contribution in [0.25, 0.3) is 0 Å². The Hall–Kier alpha value is -0.410. The number of aromatic nitrogens is 1. The van der Waals surface area contributed by atoms with Crippen LogP contribution in [0, 0.1) is 17.8 Å². The Labute approximate surface area is 133 Å². The van der Waals surface area contributed by atoms with Crippen LogP contribution in [-0.2, 0) is 11.8 Å². The summed E-state index contributed by atoms with van der Waals surface area (Å²) in [6.07, 6.45) is 7.06. The van der Waals surface area contributed by atoms with Gasteiger partial charge in [-0.15, -0.1) is 11.3 Å². The van der Waals surface area contributed by atoms with Gasteiger partial charge in [0.1, 0.15) is 0 Å². The molecule has 3 rings (SSSR count). The Balaban J connectivity index is 1.44. The molecule has 4 unspecified atom stereocenters. The third-order valence-electron chi connectivity index (χ3n) is 5.56. The second-order valence-corrected chi connectivity index (χ2v) is 9.15. The third-order valence-corrected chi connectivity index (χ3v) is 6.47.